The summed E-state index contributed by atoms with van der Waals surface area (Å²) in [7, 11) is 2.08. The van der Waals surface area contributed by atoms with Crippen molar-refractivity contribution in [3.8, 4) is 0 Å². The first-order chi connectivity index (χ1) is 7.79. The van der Waals surface area contributed by atoms with Crippen LogP contribution in [0.2, 0.25) is 0 Å². The van der Waals surface area contributed by atoms with Crippen LogP contribution in [0.4, 0.5) is 5.69 Å². The van der Waals surface area contributed by atoms with Crippen molar-refractivity contribution in [3.05, 3.63) is 28.2 Å². The third kappa shape index (κ3) is 3.09. The SMILES string of the molecule is CCC(C)(C)N(C)c1ccc(C(C)=O)c(Br)c1. The summed E-state index contributed by atoms with van der Waals surface area (Å²) < 4.78 is 0.862. The van der Waals surface area contributed by atoms with Gasteiger partial charge < -0.3 is 4.90 Å². The van der Waals surface area contributed by atoms with E-state index in [4.69, 9.17) is 0 Å². The number of anilines is 1. The van der Waals surface area contributed by atoms with Gasteiger partial charge in [-0.15, -0.1) is 0 Å². The van der Waals surface area contributed by atoms with Crippen molar-refractivity contribution in [2.24, 2.45) is 0 Å². The highest BCUT2D eigenvalue weighted by Gasteiger charge is 2.22. The van der Waals surface area contributed by atoms with Crippen LogP contribution < -0.4 is 4.90 Å². The third-order valence-electron chi connectivity index (χ3n) is 3.49. The minimum absolute atomic E-state index is 0.0841. The van der Waals surface area contributed by atoms with Crippen LogP contribution in [0.3, 0.4) is 0 Å². The molecule has 0 heterocycles. The van der Waals surface area contributed by atoms with E-state index in [2.05, 4.69) is 48.6 Å². The molecule has 0 N–H and O–H groups in total. The Morgan fingerprint density at radius 1 is 1.41 bits per heavy atom. The van der Waals surface area contributed by atoms with Crippen LogP contribution in [0.1, 0.15) is 44.5 Å². The minimum Gasteiger partial charge on any atom is -0.369 e. The van der Waals surface area contributed by atoms with Crippen LogP contribution in [0.25, 0.3) is 0 Å². The first kappa shape index (κ1) is 14.2. The maximum absolute atomic E-state index is 11.4. The van der Waals surface area contributed by atoms with Gasteiger partial charge in [-0.25, -0.2) is 0 Å². The molecule has 0 aliphatic carbocycles. The highest BCUT2D eigenvalue weighted by Crippen LogP contribution is 2.29. The van der Waals surface area contributed by atoms with E-state index in [1.165, 1.54) is 0 Å². The molecule has 0 fully saturated rings. The number of carbonyl (C=O) groups excluding carboxylic acids is 1. The fourth-order valence-electron chi connectivity index (χ4n) is 1.58. The number of ketones is 1. The summed E-state index contributed by atoms with van der Waals surface area (Å²) in [5, 5.41) is 0. The van der Waals surface area contributed by atoms with Crippen molar-refractivity contribution in [3.63, 3.8) is 0 Å². The smallest absolute Gasteiger partial charge is 0.160 e. The van der Waals surface area contributed by atoms with E-state index in [-0.39, 0.29) is 11.3 Å². The monoisotopic (exact) mass is 297 g/mol. The molecule has 3 heteroatoms. The minimum atomic E-state index is 0.0841. The van der Waals surface area contributed by atoms with E-state index >= 15 is 0 Å². The summed E-state index contributed by atoms with van der Waals surface area (Å²) in [4.78, 5) is 13.6. The molecule has 0 atom stereocenters. The van der Waals surface area contributed by atoms with Crippen molar-refractivity contribution in [2.45, 2.75) is 39.7 Å². The topological polar surface area (TPSA) is 20.3 Å². The summed E-state index contributed by atoms with van der Waals surface area (Å²) in [6.45, 7) is 8.18. The van der Waals surface area contributed by atoms with E-state index in [1.807, 2.05) is 18.2 Å². The van der Waals surface area contributed by atoms with Gasteiger partial charge in [0.15, 0.2) is 5.78 Å². The zero-order valence-electron chi connectivity index (χ0n) is 11.2. The van der Waals surface area contributed by atoms with E-state index in [0.717, 1.165) is 22.1 Å². The van der Waals surface area contributed by atoms with E-state index in [9.17, 15) is 4.79 Å². The quantitative estimate of drug-likeness (QED) is 0.773. The molecule has 94 valence electrons. The molecule has 0 amide bonds. The summed E-state index contributed by atoms with van der Waals surface area (Å²) in [6.07, 6.45) is 1.07. The Kier molecular flexibility index (Phi) is 4.36. The normalized spacial score (nSPS) is 11.4. The Labute approximate surface area is 112 Å². The molecule has 0 aliphatic rings. The summed E-state index contributed by atoms with van der Waals surface area (Å²) in [5.74, 6) is 0.0841. The second kappa shape index (κ2) is 5.21. The number of carbonyl (C=O) groups is 1. The van der Waals surface area contributed by atoms with Gasteiger partial charge >= 0.3 is 0 Å². The van der Waals surface area contributed by atoms with E-state index < -0.39 is 0 Å². The lowest BCUT2D eigenvalue weighted by atomic mass is 9.99. The molecule has 0 unspecified atom stereocenters. The van der Waals surface area contributed by atoms with Gasteiger partial charge in [-0.1, -0.05) is 6.92 Å². The first-order valence-corrected chi connectivity index (χ1v) is 6.63. The van der Waals surface area contributed by atoms with Gasteiger partial charge in [-0.05, 0) is 61.3 Å². The van der Waals surface area contributed by atoms with E-state index in [1.54, 1.807) is 6.92 Å². The first-order valence-electron chi connectivity index (χ1n) is 5.84. The summed E-state index contributed by atoms with van der Waals surface area (Å²) >= 11 is 3.46. The van der Waals surface area contributed by atoms with Gasteiger partial charge in [0.2, 0.25) is 0 Å². The lowest BCUT2D eigenvalue weighted by Crippen LogP contribution is -2.40. The third-order valence-corrected chi connectivity index (χ3v) is 4.15. The Balaban J connectivity index is 3.10. The Morgan fingerprint density at radius 3 is 2.41 bits per heavy atom. The van der Waals surface area contributed by atoms with Crippen molar-refractivity contribution < 1.29 is 4.79 Å². The molecule has 0 radical (unpaired) electrons. The zero-order chi connectivity index (χ0) is 13.2. The molecule has 0 saturated carbocycles. The van der Waals surface area contributed by atoms with Crippen LogP contribution in [-0.4, -0.2) is 18.4 Å². The average Bonchev–Trinajstić information content (AvgIpc) is 2.27. The van der Waals surface area contributed by atoms with Gasteiger partial charge in [0.1, 0.15) is 0 Å². The molecule has 2 nitrogen and oxygen atoms in total. The van der Waals surface area contributed by atoms with Gasteiger partial charge in [0.25, 0.3) is 0 Å². The molecule has 1 rings (SSSR count). The van der Waals surface area contributed by atoms with Gasteiger partial charge in [0, 0.05) is 28.3 Å². The van der Waals surface area contributed by atoms with E-state index in [0.29, 0.717) is 0 Å². The zero-order valence-corrected chi connectivity index (χ0v) is 12.8. The standard InChI is InChI=1S/C14H20BrNO/c1-6-14(3,4)16(5)11-7-8-12(10(2)17)13(15)9-11/h7-9H,6H2,1-5H3. The van der Waals surface area contributed by atoms with Crippen molar-refractivity contribution >= 4 is 27.4 Å². The number of hydrogen-bond acceptors (Lipinski definition) is 2. The Morgan fingerprint density at radius 2 is 2.00 bits per heavy atom. The van der Waals surface area contributed by atoms with Crippen LogP contribution in [0.5, 0.6) is 0 Å². The van der Waals surface area contributed by atoms with Gasteiger partial charge in [-0.2, -0.15) is 0 Å². The molecule has 0 spiro atoms. The van der Waals surface area contributed by atoms with Crippen LogP contribution in [-0.2, 0) is 0 Å². The molecule has 17 heavy (non-hydrogen) atoms. The largest absolute Gasteiger partial charge is 0.369 e. The Hall–Kier alpha value is -0.830. The fraction of sp³-hybridized carbons (Fsp3) is 0.500. The maximum Gasteiger partial charge on any atom is 0.160 e. The van der Waals surface area contributed by atoms with Crippen molar-refractivity contribution in [1.29, 1.82) is 0 Å². The number of nitrogens with zero attached hydrogens (tertiary/aromatic N) is 1. The molecule has 0 aliphatic heterocycles. The maximum atomic E-state index is 11.4. The molecule has 0 saturated heterocycles. The lowest BCUT2D eigenvalue weighted by Gasteiger charge is -2.37. The lowest BCUT2D eigenvalue weighted by molar-refractivity contribution is 0.101. The average molecular weight is 298 g/mol. The second-order valence-corrected chi connectivity index (χ2v) is 5.80. The number of rotatable bonds is 4. The fourth-order valence-corrected chi connectivity index (χ4v) is 2.23. The Bertz CT molecular complexity index is 426. The van der Waals surface area contributed by atoms with Crippen LogP contribution >= 0.6 is 15.9 Å². The number of halogens is 1. The van der Waals surface area contributed by atoms with Crippen LogP contribution in [0.15, 0.2) is 22.7 Å². The predicted molar refractivity (Wildman–Crippen MR) is 76.9 cm³/mol. The number of hydrogen-bond donors (Lipinski definition) is 0. The van der Waals surface area contributed by atoms with Gasteiger partial charge in [-0.3, -0.25) is 4.79 Å². The summed E-state index contributed by atoms with van der Waals surface area (Å²) in [6, 6.07) is 5.89. The number of benzene rings is 1. The molecular weight excluding hydrogens is 278 g/mol. The molecule has 1 aromatic carbocycles. The molecule has 0 aromatic heterocycles. The van der Waals surface area contributed by atoms with Crippen LogP contribution in [0, 0.1) is 0 Å². The second-order valence-electron chi connectivity index (χ2n) is 4.95. The molecular formula is C14H20BrNO. The highest BCUT2D eigenvalue weighted by molar-refractivity contribution is 9.10. The van der Waals surface area contributed by atoms with Crippen molar-refractivity contribution in [2.75, 3.05) is 11.9 Å². The number of Topliss-reactive ketones (excluding diaryl/α,β-unsaturated/α-hetero) is 1. The van der Waals surface area contributed by atoms with Crippen molar-refractivity contribution in [1.82, 2.24) is 0 Å². The van der Waals surface area contributed by atoms with Gasteiger partial charge in [0.05, 0.1) is 0 Å². The molecule has 1 aromatic rings. The molecule has 0 bridgehead atoms. The highest BCUT2D eigenvalue weighted by atomic mass is 79.9. The predicted octanol–water partition coefficient (Wildman–Crippen LogP) is 4.28. The summed E-state index contributed by atoms with van der Waals surface area (Å²) in [5.41, 5.74) is 1.96.